The summed E-state index contributed by atoms with van der Waals surface area (Å²) in [6, 6.07) is -0.554. The number of nitrogens with zero attached hydrogens (tertiary/aromatic N) is 2. The van der Waals surface area contributed by atoms with E-state index in [1.807, 2.05) is 0 Å². The number of hydrogen-bond donors (Lipinski definition) is 1. The zero-order valence-electron chi connectivity index (χ0n) is 10.1. The summed E-state index contributed by atoms with van der Waals surface area (Å²) in [4.78, 5) is 25.8. The quantitative estimate of drug-likeness (QED) is 0.749. The Bertz CT molecular complexity index is 278. The Kier molecular flexibility index (Phi) is 4.29. The molecule has 1 amide bonds. The molecule has 0 aromatic rings. The van der Waals surface area contributed by atoms with Crippen LogP contribution < -0.4 is 0 Å². The number of piperazine rings is 1. The molecular weight excluding hydrogens is 208 g/mol. The van der Waals surface area contributed by atoms with Gasteiger partial charge >= 0.3 is 5.97 Å². The van der Waals surface area contributed by atoms with Gasteiger partial charge in [-0.15, -0.1) is 0 Å². The minimum absolute atomic E-state index is 0.00116. The van der Waals surface area contributed by atoms with Crippen molar-refractivity contribution in [2.24, 2.45) is 5.92 Å². The van der Waals surface area contributed by atoms with Crippen LogP contribution in [-0.4, -0.2) is 59.5 Å². The van der Waals surface area contributed by atoms with Gasteiger partial charge < -0.3 is 10.0 Å². The molecule has 0 spiro atoms. The lowest BCUT2D eigenvalue weighted by Crippen LogP contribution is -2.58. The maximum Gasteiger partial charge on any atom is 0.322 e. The molecule has 1 unspecified atom stereocenters. The zero-order chi connectivity index (χ0) is 12.3. The van der Waals surface area contributed by atoms with E-state index in [9.17, 15) is 9.59 Å². The first-order valence-electron chi connectivity index (χ1n) is 5.62. The van der Waals surface area contributed by atoms with Crippen molar-refractivity contribution >= 4 is 11.9 Å². The molecule has 1 heterocycles. The number of amides is 1. The molecule has 5 nitrogen and oxygen atoms in total. The van der Waals surface area contributed by atoms with E-state index in [1.54, 1.807) is 11.9 Å². The number of likely N-dealkylation sites (N-methyl/N-ethyl adjacent to an activating group) is 1. The number of carboxylic acid groups (broad SMARTS) is 1. The van der Waals surface area contributed by atoms with Crippen LogP contribution >= 0.6 is 0 Å². The van der Waals surface area contributed by atoms with E-state index < -0.39 is 12.0 Å². The van der Waals surface area contributed by atoms with Crippen molar-refractivity contribution in [3.63, 3.8) is 0 Å². The van der Waals surface area contributed by atoms with Crippen molar-refractivity contribution in [2.45, 2.75) is 26.3 Å². The van der Waals surface area contributed by atoms with Crippen LogP contribution in [0.4, 0.5) is 0 Å². The van der Waals surface area contributed by atoms with Crippen molar-refractivity contribution < 1.29 is 14.7 Å². The second-order valence-corrected chi connectivity index (χ2v) is 4.78. The van der Waals surface area contributed by atoms with Gasteiger partial charge in [0.15, 0.2) is 0 Å². The number of rotatable bonds is 4. The van der Waals surface area contributed by atoms with Crippen molar-refractivity contribution in [1.82, 2.24) is 9.80 Å². The fourth-order valence-corrected chi connectivity index (χ4v) is 1.77. The van der Waals surface area contributed by atoms with Crippen LogP contribution in [-0.2, 0) is 9.59 Å². The summed E-state index contributed by atoms with van der Waals surface area (Å²) in [7, 11) is 1.65. The number of carboxylic acids is 1. The molecule has 1 aliphatic rings. The summed E-state index contributed by atoms with van der Waals surface area (Å²) < 4.78 is 0. The highest BCUT2D eigenvalue weighted by atomic mass is 16.4. The molecule has 1 rings (SSSR count). The minimum Gasteiger partial charge on any atom is -0.480 e. The Hall–Kier alpha value is -1.10. The van der Waals surface area contributed by atoms with E-state index in [0.29, 0.717) is 12.5 Å². The fraction of sp³-hybridized carbons (Fsp3) is 0.818. The van der Waals surface area contributed by atoms with Gasteiger partial charge in [0, 0.05) is 13.6 Å². The molecule has 5 heteroatoms. The summed E-state index contributed by atoms with van der Waals surface area (Å²) in [5.74, 6) is -0.325. The van der Waals surface area contributed by atoms with Crippen LogP contribution in [0.15, 0.2) is 0 Å². The number of carbonyl (C=O) groups excluding carboxylic acids is 1. The van der Waals surface area contributed by atoms with Gasteiger partial charge in [-0.3, -0.25) is 14.5 Å². The first-order valence-corrected chi connectivity index (χ1v) is 5.62. The molecule has 0 aromatic carbocycles. The van der Waals surface area contributed by atoms with Crippen molar-refractivity contribution in [2.75, 3.05) is 26.7 Å². The fourth-order valence-electron chi connectivity index (χ4n) is 1.77. The third-order valence-electron chi connectivity index (χ3n) is 2.93. The van der Waals surface area contributed by atoms with E-state index >= 15 is 0 Å². The van der Waals surface area contributed by atoms with E-state index in [4.69, 9.17) is 5.11 Å². The van der Waals surface area contributed by atoms with Crippen LogP contribution in [0.3, 0.4) is 0 Å². The molecule has 1 N–H and O–H groups in total. The Morgan fingerprint density at radius 1 is 1.56 bits per heavy atom. The molecule has 1 saturated heterocycles. The Morgan fingerprint density at radius 3 is 2.69 bits per heavy atom. The summed E-state index contributed by atoms with van der Waals surface area (Å²) in [5, 5.41) is 9.10. The summed E-state index contributed by atoms with van der Waals surface area (Å²) >= 11 is 0. The summed E-state index contributed by atoms with van der Waals surface area (Å²) in [5.41, 5.74) is 0. The van der Waals surface area contributed by atoms with Crippen molar-refractivity contribution in [1.29, 1.82) is 0 Å². The molecule has 1 aliphatic heterocycles. The molecule has 0 aromatic heterocycles. The third-order valence-corrected chi connectivity index (χ3v) is 2.93. The number of aliphatic carboxylic acids is 1. The van der Waals surface area contributed by atoms with Gasteiger partial charge in [0.05, 0.1) is 6.54 Å². The van der Waals surface area contributed by atoms with Crippen molar-refractivity contribution in [3.05, 3.63) is 0 Å². The summed E-state index contributed by atoms with van der Waals surface area (Å²) in [6.45, 7) is 5.36. The Morgan fingerprint density at radius 2 is 2.19 bits per heavy atom. The Balaban J connectivity index is 2.63. The van der Waals surface area contributed by atoms with Gasteiger partial charge in [0.2, 0.25) is 5.91 Å². The van der Waals surface area contributed by atoms with Crippen LogP contribution in [0.2, 0.25) is 0 Å². The lowest BCUT2D eigenvalue weighted by Gasteiger charge is -2.37. The molecule has 0 saturated carbocycles. The molecule has 1 fully saturated rings. The van der Waals surface area contributed by atoms with Gasteiger partial charge in [-0.1, -0.05) is 13.8 Å². The molecule has 0 aliphatic carbocycles. The molecule has 0 radical (unpaired) electrons. The maximum absolute atomic E-state index is 11.5. The van der Waals surface area contributed by atoms with E-state index in [1.165, 1.54) is 4.90 Å². The monoisotopic (exact) mass is 228 g/mol. The topological polar surface area (TPSA) is 60.9 Å². The average Bonchev–Trinajstić information content (AvgIpc) is 2.18. The first-order chi connectivity index (χ1) is 7.41. The normalized spacial score (nSPS) is 22.9. The highest BCUT2D eigenvalue weighted by Gasteiger charge is 2.34. The summed E-state index contributed by atoms with van der Waals surface area (Å²) in [6.07, 6.45) is 0.917. The SMILES string of the molecule is CC(C)CCN1CC(=O)N(C)CC1C(=O)O. The van der Waals surface area contributed by atoms with Crippen LogP contribution in [0.25, 0.3) is 0 Å². The maximum atomic E-state index is 11.5. The molecule has 92 valence electrons. The van der Waals surface area contributed by atoms with E-state index in [2.05, 4.69) is 13.8 Å². The van der Waals surface area contributed by atoms with E-state index in [-0.39, 0.29) is 19.0 Å². The Labute approximate surface area is 96.0 Å². The zero-order valence-corrected chi connectivity index (χ0v) is 10.1. The van der Waals surface area contributed by atoms with Gasteiger partial charge in [-0.05, 0) is 18.9 Å². The lowest BCUT2D eigenvalue weighted by molar-refractivity contribution is -0.151. The number of hydrogen-bond acceptors (Lipinski definition) is 3. The van der Waals surface area contributed by atoms with Gasteiger partial charge in [-0.2, -0.15) is 0 Å². The molecular formula is C11H20N2O3. The molecule has 0 bridgehead atoms. The molecule has 1 atom stereocenters. The van der Waals surface area contributed by atoms with Gasteiger partial charge in [-0.25, -0.2) is 0 Å². The van der Waals surface area contributed by atoms with Crippen LogP contribution in [0.1, 0.15) is 20.3 Å². The predicted molar refractivity (Wildman–Crippen MR) is 60.1 cm³/mol. The van der Waals surface area contributed by atoms with Crippen LogP contribution in [0.5, 0.6) is 0 Å². The largest absolute Gasteiger partial charge is 0.480 e. The third kappa shape index (κ3) is 3.20. The second-order valence-electron chi connectivity index (χ2n) is 4.78. The molecule has 16 heavy (non-hydrogen) atoms. The van der Waals surface area contributed by atoms with Gasteiger partial charge in [0.1, 0.15) is 6.04 Å². The predicted octanol–water partition coefficient (Wildman–Crippen LogP) is 0.260. The average molecular weight is 228 g/mol. The number of carbonyl (C=O) groups is 2. The smallest absolute Gasteiger partial charge is 0.322 e. The van der Waals surface area contributed by atoms with Crippen LogP contribution in [0, 0.1) is 5.92 Å². The standard InChI is InChI=1S/C11H20N2O3/c1-8(2)4-5-13-7-10(14)12(3)6-9(13)11(15)16/h8-9H,4-7H2,1-3H3,(H,15,16). The van der Waals surface area contributed by atoms with E-state index in [0.717, 1.165) is 6.42 Å². The lowest BCUT2D eigenvalue weighted by atomic mass is 10.1. The highest BCUT2D eigenvalue weighted by molar-refractivity contribution is 5.83. The van der Waals surface area contributed by atoms with Crippen molar-refractivity contribution in [3.8, 4) is 0 Å². The first kappa shape index (κ1) is 13.0. The van der Waals surface area contributed by atoms with Gasteiger partial charge in [0.25, 0.3) is 0 Å². The minimum atomic E-state index is -0.844. The second kappa shape index (κ2) is 5.30. The highest BCUT2D eigenvalue weighted by Crippen LogP contribution is 2.12.